The lowest BCUT2D eigenvalue weighted by molar-refractivity contribution is 0.0848. The summed E-state index contributed by atoms with van der Waals surface area (Å²) in [5, 5.41) is 0. The Labute approximate surface area is 178 Å². The van der Waals surface area contributed by atoms with Gasteiger partial charge < -0.3 is 4.57 Å². The predicted octanol–water partition coefficient (Wildman–Crippen LogP) is 4.56. The van der Waals surface area contributed by atoms with Gasteiger partial charge in [-0.05, 0) is 49.2 Å². The van der Waals surface area contributed by atoms with Crippen LogP contribution in [0.5, 0.6) is 0 Å². The molecular formula is C23H22N4O2S. The Bertz CT molecular complexity index is 1220. The van der Waals surface area contributed by atoms with Crippen LogP contribution in [0.15, 0.2) is 60.7 Å². The standard InChI is InChI=1S/C23H22N4O2S/c1-3-14-27-18-11-7-6-10-17(18)24-21(27)19-12-13-20(30-19)23(29)26-25-22(28)16-9-5-4-8-15(16)2/h4-13H,3,14H2,1-2H3,(H,25,28)(H,26,29). The van der Waals surface area contributed by atoms with Crippen LogP contribution in [0.4, 0.5) is 0 Å². The van der Waals surface area contributed by atoms with Gasteiger partial charge in [-0.1, -0.05) is 37.3 Å². The smallest absolute Gasteiger partial charge is 0.279 e. The number of hydrazine groups is 1. The van der Waals surface area contributed by atoms with Gasteiger partial charge in [0.1, 0.15) is 0 Å². The SMILES string of the molecule is CCCn1c(-c2ccc(C(=O)NNC(=O)c3ccccc3C)s2)nc2ccccc21. The van der Waals surface area contributed by atoms with Crippen LogP contribution in [-0.4, -0.2) is 21.4 Å². The van der Waals surface area contributed by atoms with Gasteiger partial charge in [0.25, 0.3) is 11.8 Å². The summed E-state index contributed by atoms with van der Waals surface area (Å²) in [5.74, 6) is 0.153. The molecule has 2 heterocycles. The second kappa shape index (κ2) is 8.51. The highest BCUT2D eigenvalue weighted by Crippen LogP contribution is 2.30. The van der Waals surface area contributed by atoms with E-state index in [1.807, 2.05) is 43.3 Å². The van der Waals surface area contributed by atoms with E-state index in [2.05, 4.69) is 28.4 Å². The van der Waals surface area contributed by atoms with Gasteiger partial charge in [0.2, 0.25) is 0 Å². The number of rotatable bonds is 5. The summed E-state index contributed by atoms with van der Waals surface area (Å²) in [5.41, 5.74) is 8.38. The summed E-state index contributed by atoms with van der Waals surface area (Å²) < 4.78 is 2.18. The molecule has 0 aliphatic carbocycles. The first-order valence-electron chi connectivity index (χ1n) is 9.80. The summed E-state index contributed by atoms with van der Waals surface area (Å²) >= 11 is 1.35. The van der Waals surface area contributed by atoms with E-state index in [9.17, 15) is 9.59 Å². The molecule has 0 bridgehead atoms. The van der Waals surface area contributed by atoms with Crippen LogP contribution < -0.4 is 10.9 Å². The monoisotopic (exact) mass is 418 g/mol. The Morgan fingerprint density at radius 3 is 2.50 bits per heavy atom. The molecular weight excluding hydrogens is 396 g/mol. The number of nitrogens with zero attached hydrogens (tertiary/aromatic N) is 2. The number of carbonyl (C=O) groups excluding carboxylic acids is 2. The van der Waals surface area contributed by atoms with E-state index in [1.165, 1.54) is 11.3 Å². The zero-order chi connectivity index (χ0) is 21.1. The fraction of sp³-hybridized carbons (Fsp3) is 0.174. The highest BCUT2D eigenvalue weighted by molar-refractivity contribution is 7.17. The number of amides is 2. The Morgan fingerprint density at radius 1 is 0.967 bits per heavy atom. The fourth-order valence-electron chi connectivity index (χ4n) is 3.36. The van der Waals surface area contributed by atoms with Crippen molar-refractivity contribution in [2.75, 3.05) is 0 Å². The van der Waals surface area contributed by atoms with Gasteiger partial charge >= 0.3 is 0 Å². The number of thiophene rings is 1. The number of aryl methyl sites for hydroxylation is 2. The maximum absolute atomic E-state index is 12.6. The van der Waals surface area contributed by atoms with Gasteiger partial charge in [0.05, 0.1) is 20.8 Å². The van der Waals surface area contributed by atoms with Crippen LogP contribution in [0.25, 0.3) is 21.7 Å². The van der Waals surface area contributed by atoms with Crippen molar-refractivity contribution in [3.63, 3.8) is 0 Å². The Morgan fingerprint density at radius 2 is 1.70 bits per heavy atom. The summed E-state index contributed by atoms with van der Waals surface area (Å²) in [6.45, 7) is 4.83. The van der Waals surface area contributed by atoms with Crippen LogP contribution >= 0.6 is 11.3 Å². The highest BCUT2D eigenvalue weighted by atomic mass is 32.1. The molecule has 0 aliphatic heterocycles. The van der Waals surface area contributed by atoms with Gasteiger partial charge in [-0.2, -0.15) is 0 Å². The van der Waals surface area contributed by atoms with Crippen molar-refractivity contribution in [2.45, 2.75) is 26.8 Å². The van der Waals surface area contributed by atoms with Crippen LogP contribution in [0.3, 0.4) is 0 Å². The lowest BCUT2D eigenvalue weighted by atomic mass is 10.1. The summed E-state index contributed by atoms with van der Waals surface area (Å²) in [7, 11) is 0. The first kappa shape index (κ1) is 19.8. The molecule has 0 radical (unpaired) electrons. The predicted molar refractivity (Wildman–Crippen MR) is 119 cm³/mol. The average molecular weight is 419 g/mol. The molecule has 4 aromatic rings. The summed E-state index contributed by atoms with van der Waals surface area (Å²) in [6.07, 6.45) is 0.983. The van der Waals surface area contributed by atoms with Gasteiger partial charge in [0, 0.05) is 12.1 Å². The van der Waals surface area contributed by atoms with Gasteiger partial charge in [-0.25, -0.2) is 4.98 Å². The molecule has 2 aromatic carbocycles. The molecule has 0 atom stereocenters. The summed E-state index contributed by atoms with van der Waals surface area (Å²) in [6, 6.07) is 18.9. The third kappa shape index (κ3) is 3.84. The Kier molecular flexibility index (Phi) is 5.63. The molecule has 0 unspecified atom stereocenters. The van der Waals surface area contributed by atoms with E-state index in [1.54, 1.807) is 18.2 Å². The molecule has 30 heavy (non-hydrogen) atoms. The van der Waals surface area contributed by atoms with Crippen molar-refractivity contribution in [2.24, 2.45) is 0 Å². The molecule has 0 saturated heterocycles. The number of benzene rings is 2. The minimum absolute atomic E-state index is 0.344. The van der Waals surface area contributed by atoms with Crippen molar-refractivity contribution in [1.82, 2.24) is 20.4 Å². The molecule has 0 fully saturated rings. The van der Waals surface area contributed by atoms with Crippen LogP contribution in [0.1, 0.15) is 38.9 Å². The second-order valence-corrected chi connectivity index (χ2v) is 8.05. The normalized spacial score (nSPS) is 10.9. The molecule has 0 aliphatic rings. The topological polar surface area (TPSA) is 76.0 Å². The van der Waals surface area contributed by atoms with Gasteiger partial charge in [-0.3, -0.25) is 20.4 Å². The zero-order valence-corrected chi connectivity index (χ0v) is 17.6. The van der Waals surface area contributed by atoms with E-state index < -0.39 is 0 Å². The van der Waals surface area contributed by atoms with E-state index in [0.717, 1.165) is 40.3 Å². The molecule has 7 heteroatoms. The number of para-hydroxylation sites is 2. The van der Waals surface area contributed by atoms with Crippen molar-refractivity contribution in [3.05, 3.63) is 76.7 Å². The lowest BCUT2D eigenvalue weighted by Crippen LogP contribution is -2.41. The van der Waals surface area contributed by atoms with Crippen molar-refractivity contribution >= 4 is 34.2 Å². The number of fused-ring (bicyclic) bond motifs is 1. The van der Waals surface area contributed by atoms with E-state index in [0.29, 0.717) is 10.4 Å². The van der Waals surface area contributed by atoms with Crippen LogP contribution in [0, 0.1) is 6.92 Å². The lowest BCUT2D eigenvalue weighted by Gasteiger charge is -2.08. The number of aromatic nitrogens is 2. The number of carbonyl (C=O) groups is 2. The number of imidazole rings is 1. The fourth-order valence-corrected chi connectivity index (χ4v) is 4.26. The summed E-state index contributed by atoms with van der Waals surface area (Å²) in [4.78, 5) is 31.0. The minimum atomic E-state index is -0.355. The molecule has 4 rings (SSSR count). The molecule has 152 valence electrons. The van der Waals surface area contributed by atoms with E-state index in [-0.39, 0.29) is 11.8 Å². The molecule has 0 saturated carbocycles. The molecule has 2 amide bonds. The van der Waals surface area contributed by atoms with E-state index >= 15 is 0 Å². The first-order chi connectivity index (χ1) is 14.6. The van der Waals surface area contributed by atoms with Gasteiger partial charge in [0.15, 0.2) is 5.82 Å². The minimum Gasteiger partial charge on any atom is -0.323 e. The Balaban J connectivity index is 1.52. The highest BCUT2D eigenvalue weighted by Gasteiger charge is 2.17. The molecule has 0 spiro atoms. The second-order valence-electron chi connectivity index (χ2n) is 6.96. The van der Waals surface area contributed by atoms with Crippen LogP contribution in [-0.2, 0) is 6.54 Å². The van der Waals surface area contributed by atoms with Crippen molar-refractivity contribution < 1.29 is 9.59 Å². The first-order valence-corrected chi connectivity index (χ1v) is 10.6. The number of nitrogens with one attached hydrogen (secondary N) is 2. The van der Waals surface area contributed by atoms with E-state index in [4.69, 9.17) is 4.98 Å². The van der Waals surface area contributed by atoms with Crippen molar-refractivity contribution in [1.29, 1.82) is 0 Å². The van der Waals surface area contributed by atoms with Crippen LogP contribution in [0.2, 0.25) is 0 Å². The largest absolute Gasteiger partial charge is 0.323 e. The Hall–Kier alpha value is -3.45. The zero-order valence-electron chi connectivity index (χ0n) is 16.8. The molecule has 2 N–H and O–H groups in total. The molecule has 2 aromatic heterocycles. The average Bonchev–Trinajstić information content (AvgIpc) is 3.38. The number of hydrogen-bond donors (Lipinski definition) is 2. The third-order valence-electron chi connectivity index (χ3n) is 4.83. The molecule has 6 nitrogen and oxygen atoms in total. The number of hydrogen-bond acceptors (Lipinski definition) is 4. The van der Waals surface area contributed by atoms with Crippen molar-refractivity contribution in [3.8, 4) is 10.7 Å². The maximum Gasteiger partial charge on any atom is 0.279 e. The van der Waals surface area contributed by atoms with Gasteiger partial charge in [-0.15, -0.1) is 11.3 Å². The maximum atomic E-state index is 12.6. The quantitative estimate of drug-likeness (QED) is 0.467. The third-order valence-corrected chi connectivity index (χ3v) is 5.91.